The molecule has 1 aliphatic rings. The van der Waals surface area contributed by atoms with E-state index in [0.717, 1.165) is 0 Å². The second-order valence-electron chi connectivity index (χ2n) is 6.40. The van der Waals surface area contributed by atoms with E-state index < -0.39 is 5.92 Å². The van der Waals surface area contributed by atoms with Gasteiger partial charge in [0.25, 0.3) is 5.56 Å². The molecule has 1 aliphatic heterocycles. The molecule has 2 amide bonds. The van der Waals surface area contributed by atoms with Gasteiger partial charge >= 0.3 is 0 Å². The molecule has 3 heterocycles. The molecule has 3 aromatic rings. The van der Waals surface area contributed by atoms with Crippen molar-refractivity contribution in [2.75, 3.05) is 0 Å². The topological polar surface area (TPSA) is 93.9 Å². The van der Waals surface area contributed by atoms with Crippen LogP contribution in [0.4, 0.5) is 0 Å². The number of carbonyl (C=O) groups is 2. The summed E-state index contributed by atoms with van der Waals surface area (Å²) in [5.41, 5.74) is 1.59. The highest BCUT2D eigenvalue weighted by Crippen LogP contribution is 2.36. The number of hydrogen-bond donors (Lipinski definition) is 1. The zero-order valence-electron chi connectivity index (χ0n) is 14.6. The molecular formula is C20H15ClN4O3. The molecule has 2 aromatic heterocycles. The monoisotopic (exact) mass is 394 g/mol. The van der Waals surface area contributed by atoms with Crippen molar-refractivity contribution in [1.82, 2.24) is 20.1 Å². The summed E-state index contributed by atoms with van der Waals surface area (Å²) in [5, 5.41) is 11.1. The minimum atomic E-state index is -0.486. The van der Waals surface area contributed by atoms with Crippen molar-refractivity contribution < 1.29 is 9.59 Å². The summed E-state index contributed by atoms with van der Waals surface area (Å²) in [4.78, 5) is 35.5. The fourth-order valence-corrected chi connectivity index (χ4v) is 3.58. The average molecular weight is 395 g/mol. The summed E-state index contributed by atoms with van der Waals surface area (Å²) in [6.45, 7) is 0. The summed E-state index contributed by atoms with van der Waals surface area (Å²) in [7, 11) is 0. The Kier molecular flexibility index (Phi) is 4.75. The van der Waals surface area contributed by atoms with Crippen molar-refractivity contribution >= 4 is 23.4 Å². The Bertz CT molecular complexity index is 1120. The summed E-state index contributed by atoms with van der Waals surface area (Å²) < 4.78 is 1.39. The van der Waals surface area contributed by atoms with E-state index in [0.29, 0.717) is 34.1 Å². The number of pyridine rings is 1. The van der Waals surface area contributed by atoms with Gasteiger partial charge in [-0.2, -0.15) is 0 Å². The highest BCUT2D eigenvalue weighted by atomic mass is 35.5. The number of halogens is 1. The van der Waals surface area contributed by atoms with E-state index in [-0.39, 0.29) is 23.8 Å². The maximum Gasteiger partial charge on any atom is 0.256 e. The number of aromatic nitrogens is 3. The van der Waals surface area contributed by atoms with Gasteiger partial charge in [-0.15, -0.1) is 10.2 Å². The number of piperidine rings is 1. The van der Waals surface area contributed by atoms with E-state index in [4.69, 9.17) is 11.6 Å². The minimum Gasteiger partial charge on any atom is -0.296 e. The molecular weight excluding hydrogens is 380 g/mol. The lowest BCUT2D eigenvalue weighted by atomic mass is 9.89. The van der Waals surface area contributed by atoms with Crippen molar-refractivity contribution in [1.29, 1.82) is 0 Å². The van der Waals surface area contributed by atoms with Gasteiger partial charge in [0.05, 0.1) is 16.6 Å². The average Bonchev–Trinajstić information content (AvgIpc) is 2.69. The molecule has 1 aromatic carbocycles. The number of carbonyl (C=O) groups excluding carboxylic acids is 2. The normalized spacial score (nSPS) is 16.7. The first-order chi connectivity index (χ1) is 13.5. The van der Waals surface area contributed by atoms with Crippen molar-refractivity contribution in [3.05, 3.63) is 75.7 Å². The first-order valence-electron chi connectivity index (χ1n) is 8.69. The molecule has 0 spiro atoms. The van der Waals surface area contributed by atoms with E-state index >= 15 is 0 Å². The second-order valence-corrected chi connectivity index (χ2v) is 6.78. The highest BCUT2D eigenvalue weighted by molar-refractivity contribution is 6.34. The van der Waals surface area contributed by atoms with Crippen LogP contribution in [0.25, 0.3) is 17.1 Å². The van der Waals surface area contributed by atoms with E-state index in [1.165, 1.54) is 10.6 Å². The molecule has 1 saturated heterocycles. The van der Waals surface area contributed by atoms with E-state index in [9.17, 15) is 14.4 Å². The number of imide groups is 1. The maximum atomic E-state index is 12.2. The molecule has 28 heavy (non-hydrogen) atoms. The van der Waals surface area contributed by atoms with Gasteiger partial charge in [-0.1, -0.05) is 35.9 Å². The van der Waals surface area contributed by atoms with Crippen LogP contribution in [0, 0.1) is 0 Å². The molecule has 0 bridgehead atoms. The standard InChI is InChI=1S/C20H15ClN4O3/c21-19-12(13-7-10-17(26)22-20(13)28)4-3-5-14(19)15-8-9-16(24-23-15)25-11-2-1-6-18(25)27/h1-6,8-9,11,13H,7,10H2,(H,22,26,28). The van der Waals surface area contributed by atoms with Crippen LogP contribution in [0.15, 0.2) is 59.5 Å². The zero-order valence-corrected chi connectivity index (χ0v) is 15.4. The lowest BCUT2D eigenvalue weighted by molar-refractivity contribution is -0.134. The largest absolute Gasteiger partial charge is 0.296 e. The zero-order chi connectivity index (χ0) is 19.7. The summed E-state index contributed by atoms with van der Waals surface area (Å²) >= 11 is 6.57. The molecule has 0 saturated carbocycles. The number of benzene rings is 1. The number of hydrogen-bond acceptors (Lipinski definition) is 5. The number of amides is 2. The van der Waals surface area contributed by atoms with Crippen molar-refractivity contribution in [3.8, 4) is 17.1 Å². The van der Waals surface area contributed by atoms with Gasteiger partial charge in [0.2, 0.25) is 11.8 Å². The summed E-state index contributed by atoms with van der Waals surface area (Å²) in [5.74, 6) is -0.710. The van der Waals surface area contributed by atoms with Crippen LogP contribution >= 0.6 is 11.6 Å². The van der Waals surface area contributed by atoms with Crippen molar-refractivity contribution in [3.63, 3.8) is 0 Å². The van der Waals surface area contributed by atoms with Gasteiger partial charge in [0.15, 0.2) is 5.82 Å². The summed E-state index contributed by atoms with van der Waals surface area (Å²) in [6, 6.07) is 13.6. The molecule has 1 N–H and O–H groups in total. The smallest absolute Gasteiger partial charge is 0.256 e. The van der Waals surface area contributed by atoms with Gasteiger partial charge in [-0.3, -0.25) is 24.3 Å². The Labute approximate surface area is 165 Å². The molecule has 140 valence electrons. The molecule has 0 radical (unpaired) electrons. The first kappa shape index (κ1) is 18.1. The minimum absolute atomic E-state index is 0.206. The van der Waals surface area contributed by atoms with E-state index in [2.05, 4.69) is 15.5 Å². The van der Waals surface area contributed by atoms with Crippen LogP contribution in [-0.2, 0) is 9.59 Å². The van der Waals surface area contributed by atoms with Crippen LogP contribution in [0.3, 0.4) is 0 Å². The Hall–Kier alpha value is -3.32. The fraction of sp³-hybridized carbons (Fsp3) is 0.150. The number of rotatable bonds is 3. The Morgan fingerprint density at radius 2 is 1.86 bits per heavy atom. The lowest BCUT2D eigenvalue weighted by Crippen LogP contribution is -2.39. The van der Waals surface area contributed by atoms with Gasteiger partial charge in [-0.05, 0) is 30.2 Å². The van der Waals surface area contributed by atoms with Crippen molar-refractivity contribution in [2.45, 2.75) is 18.8 Å². The van der Waals surface area contributed by atoms with Gasteiger partial charge < -0.3 is 0 Å². The second kappa shape index (κ2) is 7.36. The predicted octanol–water partition coefficient (Wildman–Crippen LogP) is 2.47. The van der Waals surface area contributed by atoms with E-state index in [1.54, 1.807) is 48.7 Å². The van der Waals surface area contributed by atoms with Crippen LogP contribution < -0.4 is 10.9 Å². The molecule has 4 rings (SSSR count). The maximum absolute atomic E-state index is 12.2. The Morgan fingerprint density at radius 3 is 2.57 bits per heavy atom. The first-order valence-corrected chi connectivity index (χ1v) is 9.06. The SMILES string of the molecule is O=C1CCC(c2cccc(-c3ccc(-n4ccccc4=O)nn3)c2Cl)C(=O)N1. The fourth-order valence-electron chi connectivity index (χ4n) is 3.22. The number of nitrogens with one attached hydrogen (secondary N) is 1. The Balaban J connectivity index is 1.69. The molecule has 1 atom stereocenters. The molecule has 0 aliphatic carbocycles. The van der Waals surface area contributed by atoms with Gasteiger partial charge in [0, 0.05) is 24.2 Å². The van der Waals surface area contributed by atoms with Gasteiger partial charge in [0.1, 0.15) is 0 Å². The quantitative estimate of drug-likeness (QED) is 0.689. The van der Waals surface area contributed by atoms with Crippen molar-refractivity contribution in [2.24, 2.45) is 0 Å². The van der Waals surface area contributed by atoms with Gasteiger partial charge in [-0.25, -0.2) is 0 Å². The molecule has 1 fully saturated rings. The number of nitrogens with zero attached hydrogens (tertiary/aromatic N) is 3. The van der Waals surface area contributed by atoms with Crippen LogP contribution in [-0.4, -0.2) is 26.6 Å². The van der Waals surface area contributed by atoms with E-state index in [1.807, 2.05) is 0 Å². The van der Waals surface area contributed by atoms with Crippen LogP contribution in [0.5, 0.6) is 0 Å². The predicted molar refractivity (Wildman–Crippen MR) is 103 cm³/mol. The van der Waals surface area contributed by atoms with Crippen LogP contribution in [0.1, 0.15) is 24.3 Å². The summed E-state index contributed by atoms with van der Waals surface area (Å²) in [6.07, 6.45) is 2.30. The third kappa shape index (κ3) is 3.32. The highest BCUT2D eigenvalue weighted by Gasteiger charge is 2.30. The lowest BCUT2D eigenvalue weighted by Gasteiger charge is -2.22. The third-order valence-electron chi connectivity index (χ3n) is 4.64. The molecule has 7 nitrogen and oxygen atoms in total. The third-order valence-corrected chi connectivity index (χ3v) is 5.06. The molecule has 8 heteroatoms. The molecule has 1 unspecified atom stereocenters. The Morgan fingerprint density at radius 1 is 1.00 bits per heavy atom. The van der Waals surface area contributed by atoms with Crippen LogP contribution in [0.2, 0.25) is 5.02 Å².